The number of piperidine rings is 1. The van der Waals surface area contributed by atoms with Gasteiger partial charge in [0.15, 0.2) is 0 Å². The molecule has 0 radical (unpaired) electrons. The van der Waals surface area contributed by atoms with Crippen molar-refractivity contribution in [2.45, 2.75) is 43.4 Å². The Morgan fingerprint density at radius 3 is 2.35 bits per heavy atom. The Morgan fingerprint density at radius 1 is 1.05 bits per heavy atom. The van der Waals surface area contributed by atoms with Gasteiger partial charge in [-0.3, -0.25) is 15.1 Å². The van der Waals surface area contributed by atoms with Crippen LogP contribution in [-0.2, 0) is 21.1 Å². The van der Waals surface area contributed by atoms with Crippen molar-refractivity contribution in [3.63, 3.8) is 0 Å². The van der Waals surface area contributed by atoms with E-state index in [-0.39, 0.29) is 18.1 Å². The highest BCUT2D eigenvalue weighted by Crippen LogP contribution is 2.38. The number of halogens is 4. The predicted octanol–water partition coefficient (Wildman–Crippen LogP) is 4.06. The van der Waals surface area contributed by atoms with Gasteiger partial charge in [-0.2, -0.15) is 13.2 Å². The van der Waals surface area contributed by atoms with Crippen molar-refractivity contribution in [3.05, 3.63) is 71.0 Å². The van der Waals surface area contributed by atoms with Crippen molar-refractivity contribution in [2.24, 2.45) is 0 Å². The summed E-state index contributed by atoms with van der Waals surface area (Å²) in [6.07, 6.45) is -2.47. The largest absolute Gasteiger partial charge is 0.416 e. The summed E-state index contributed by atoms with van der Waals surface area (Å²) in [7, 11) is 0. The highest BCUT2D eigenvalue weighted by Gasteiger charge is 2.38. The molecule has 2 aliphatic heterocycles. The molecule has 2 fully saturated rings. The van der Waals surface area contributed by atoms with Crippen LogP contribution in [0.5, 0.6) is 0 Å². The number of aliphatic hydroxyl groups is 1. The quantitative estimate of drug-likeness (QED) is 0.486. The minimum absolute atomic E-state index is 0.0503. The summed E-state index contributed by atoms with van der Waals surface area (Å²) in [5.41, 5.74) is 2.13. The molecule has 0 saturated carbocycles. The SMILES string of the molecule is O=C(CN1CCCC1)NN1CCC(COC(CO)c2cc(C(F)(F)F)ccc2F)(c2ccccc2)CC1. The number of hydrazine groups is 1. The van der Waals surface area contributed by atoms with Crippen LogP contribution in [0, 0.1) is 5.82 Å². The maximum atomic E-state index is 14.5. The second kappa shape index (κ2) is 11.9. The van der Waals surface area contributed by atoms with Gasteiger partial charge in [-0.1, -0.05) is 30.3 Å². The van der Waals surface area contributed by atoms with Crippen molar-refractivity contribution in [1.82, 2.24) is 15.3 Å². The van der Waals surface area contributed by atoms with Crippen LogP contribution >= 0.6 is 0 Å². The van der Waals surface area contributed by atoms with E-state index in [9.17, 15) is 27.5 Å². The Kier molecular flexibility index (Phi) is 8.84. The number of benzene rings is 2. The fourth-order valence-corrected chi connectivity index (χ4v) is 5.18. The van der Waals surface area contributed by atoms with Crippen LogP contribution in [0.1, 0.15) is 48.5 Å². The Morgan fingerprint density at radius 2 is 1.73 bits per heavy atom. The zero-order chi connectivity index (χ0) is 26.5. The number of carbonyl (C=O) groups excluding carboxylic acids is 1. The Labute approximate surface area is 214 Å². The molecule has 4 rings (SSSR count). The smallest absolute Gasteiger partial charge is 0.393 e. The molecule has 0 spiro atoms. The van der Waals surface area contributed by atoms with Gasteiger partial charge in [-0.05, 0) is 62.5 Å². The number of carbonyl (C=O) groups is 1. The molecule has 1 amide bonds. The average molecular weight is 524 g/mol. The van der Waals surface area contributed by atoms with E-state index < -0.39 is 35.7 Å². The molecule has 2 aromatic carbocycles. The lowest BCUT2D eigenvalue weighted by Gasteiger charge is -2.42. The maximum Gasteiger partial charge on any atom is 0.416 e. The van der Waals surface area contributed by atoms with Crippen molar-refractivity contribution in [3.8, 4) is 0 Å². The van der Waals surface area contributed by atoms with Gasteiger partial charge in [-0.25, -0.2) is 9.40 Å². The summed E-state index contributed by atoms with van der Waals surface area (Å²) >= 11 is 0. The van der Waals surface area contributed by atoms with E-state index in [0.717, 1.165) is 37.6 Å². The van der Waals surface area contributed by atoms with E-state index in [0.29, 0.717) is 44.6 Å². The van der Waals surface area contributed by atoms with E-state index in [2.05, 4.69) is 10.3 Å². The summed E-state index contributed by atoms with van der Waals surface area (Å²) < 4.78 is 60.1. The molecular weight excluding hydrogens is 490 g/mol. The van der Waals surface area contributed by atoms with Gasteiger partial charge in [0.1, 0.15) is 11.9 Å². The number of alkyl halides is 3. The molecule has 2 N–H and O–H groups in total. The van der Waals surface area contributed by atoms with Crippen molar-refractivity contribution in [1.29, 1.82) is 0 Å². The summed E-state index contributed by atoms with van der Waals surface area (Å²) in [5.74, 6) is -0.915. The monoisotopic (exact) mass is 523 g/mol. The highest BCUT2D eigenvalue weighted by atomic mass is 19.4. The fourth-order valence-electron chi connectivity index (χ4n) is 5.18. The number of likely N-dealkylation sites (tertiary alicyclic amines) is 1. The van der Waals surface area contributed by atoms with Crippen molar-refractivity contribution < 1.29 is 32.2 Å². The molecule has 202 valence electrons. The molecule has 2 aliphatic rings. The zero-order valence-corrected chi connectivity index (χ0v) is 20.6. The molecule has 37 heavy (non-hydrogen) atoms. The van der Waals surface area contributed by atoms with Gasteiger partial charge >= 0.3 is 6.18 Å². The first kappa shape index (κ1) is 27.5. The normalized spacial score (nSPS) is 19.6. The lowest BCUT2D eigenvalue weighted by atomic mass is 9.73. The van der Waals surface area contributed by atoms with Gasteiger partial charge in [0.25, 0.3) is 0 Å². The first-order valence-electron chi connectivity index (χ1n) is 12.6. The van der Waals surface area contributed by atoms with Crippen LogP contribution < -0.4 is 5.43 Å². The van der Waals surface area contributed by atoms with Gasteiger partial charge in [-0.15, -0.1) is 0 Å². The fraction of sp³-hybridized carbons (Fsp3) is 0.519. The first-order valence-corrected chi connectivity index (χ1v) is 12.6. The highest BCUT2D eigenvalue weighted by molar-refractivity contribution is 5.77. The number of rotatable bonds is 9. The van der Waals surface area contributed by atoms with Crippen molar-refractivity contribution in [2.75, 3.05) is 45.9 Å². The van der Waals surface area contributed by atoms with Gasteiger partial charge in [0.2, 0.25) is 5.91 Å². The van der Waals surface area contributed by atoms with Crippen LogP contribution in [0.15, 0.2) is 48.5 Å². The number of nitrogens with one attached hydrogen (secondary N) is 1. The third kappa shape index (κ3) is 6.87. The third-order valence-corrected chi connectivity index (χ3v) is 7.35. The molecule has 10 heteroatoms. The lowest BCUT2D eigenvalue weighted by Crippen LogP contribution is -2.53. The molecule has 2 saturated heterocycles. The molecule has 1 unspecified atom stereocenters. The van der Waals surface area contributed by atoms with Crippen LogP contribution in [0.2, 0.25) is 0 Å². The minimum atomic E-state index is -4.64. The van der Waals surface area contributed by atoms with Gasteiger partial charge < -0.3 is 9.84 Å². The van der Waals surface area contributed by atoms with Gasteiger partial charge in [0, 0.05) is 24.1 Å². The van der Waals surface area contributed by atoms with E-state index in [4.69, 9.17) is 4.74 Å². The summed E-state index contributed by atoms with van der Waals surface area (Å²) in [5, 5.41) is 11.8. The molecule has 2 aromatic rings. The van der Waals surface area contributed by atoms with Gasteiger partial charge in [0.05, 0.1) is 25.3 Å². The Hall–Kier alpha value is -2.53. The van der Waals surface area contributed by atoms with E-state index in [1.165, 1.54) is 0 Å². The minimum Gasteiger partial charge on any atom is -0.393 e. The van der Waals surface area contributed by atoms with Crippen LogP contribution in [0.25, 0.3) is 0 Å². The average Bonchev–Trinajstić information content (AvgIpc) is 3.39. The summed E-state index contributed by atoms with van der Waals surface area (Å²) in [6.45, 7) is 2.73. The Bertz CT molecular complexity index is 1040. The molecular formula is C27H33F4N3O3. The number of amides is 1. The molecule has 1 atom stereocenters. The first-order chi connectivity index (χ1) is 17.7. The van der Waals surface area contributed by atoms with Crippen molar-refractivity contribution >= 4 is 5.91 Å². The van der Waals surface area contributed by atoms with Crippen LogP contribution in [-0.4, -0.2) is 66.9 Å². The molecule has 6 nitrogen and oxygen atoms in total. The van der Waals surface area contributed by atoms with Crippen LogP contribution in [0.3, 0.4) is 0 Å². The number of nitrogens with zero attached hydrogens (tertiary/aromatic N) is 2. The Balaban J connectivity index is 1.45. The van der Waals surface area contributed by atoms with Crippen LogP contribution in [0.4, 0.5) is 17.6 Å². The molecule has 0 aromatic heterocycles. The number of aliphatic hydroxyl groups excluding tert-OH is 1. The molecule has 2 heterocycles. The summed E-state index contributed by atoms with van der Waals surface area (Å²) in [4.78, 5) is 14.6. The lowest BCUT2D eigenvalue weighted by molar-refractivity contribution is -0.137. The summed E-state index contributed by atoms with van der Waals surface area (Å²) in [6, 6.07) is 11.7. The second-order valence-electron chi connectivity index (χ2n) is 9.87. The topological polar surface area (TPSA) is 65.0 Å². The number of hydrogen-bond acceptors (Lipinski definition) is 5. The number of hydrogen-bond donors (Lipinski definition) is 2. The van der Waals surface area contributed by atoms with E-state index in [1.807, 2.05) is 35.3 Å². The molecule has 0 bridgehead atoms. The third-order valence-electron chi connectivity index (χ3n) is 7.35. The van der Waals surface area contributed by atoms with E-state index in [1.54, 1.807) is 0 Å². The maximum absolute atomic E-state index is 14.5. The number of ether oxygens (including phenoxy) is 1. The van der Waals surface area contributed by atoms with E-state index >= 15 is 0 Å². The zero-order valence-electron chi connectivity index (χ0n) is 20.6. The molecule has 0 aliphatic carbocycles. The standard InChI is InChI=1S/C27H33F4N3O3/c28-23-9-8-21(27(29,30)31)16-22(23)24(18-35)37-19-26(20-6-2-1-3-7-20)10-14-34(15-11-26)32-25(36)17-33-12-4-5-13-33/h1-3,6-9,16,24,35H,4-5,10-15,17-19H2,(H,32,36). The predicted molar refractivity (Wildman–Crippen MR) is 130 cm³/mol. The second-order valence-corrected chi connectivity index (χ2v) is 9.87.